The molecule has 1 amide bonds. The minimum absolute atomic E-state index is 0.00843. The Balaban J connectivity index is 2.79. The lowest BCUT2D eigenvalue weighted by molar-refractivity contribution is -0.127. The molecule has 4 nitrogen and oxygen atoms in total. The fourth-order valence-corrected chi connectivity index (χ4v) is 1.94. The Labute approximate surface area is 114 Å². The molecule has 0 spiro atoms. The SMILES string of the molecule is CCCNC(=O)C(C)Oc1c(C)cc(CO)cc1C. The summed E-state index contributed by atoms with van der Waals surface area (Å²) in [4.78, 5) is 11.8. The molecule has 0 radical (unpaired) electrons. The summed E-state index contributed by atoms with van der Waals surface area (Å²) >= 11 is 0. The third kappa shape index (κ3) is 4.24. The van der Waals surface area contributed by atoms with Gasteiger partial charge in [-0.25, -0.2) is 0 Å². The third-order valence-electron chi connectivity index (χ3n) is 2.92. The monoisotopic (exact) mass is 265 g/mol. The lowest BCUT2D eigenvalue weighted by Crippen LogP contribution is -2.36. The molecule has 1 unspecified atom stereocenters. The van der Waals surface area contributed by atoms with Crippen molar-refractivity contribution >= 4 is 5.91 Å². The van der Waals surface area contributed by atoms with Crippen LogP contribution < -0.4 is 10.1 Å². The van der Waals surface area contributed by atoms with Gasteiger partial charge in [0.15, 0.2) is 6.10 Å². The number of ether oxygens (including phenoxy) is 1. The molecule has 0 fully saturated rings. The molecule has 1 aromatic rings. The molecule has 0 aliphatic heterocycles. The first-order chi connectivity index (χ1) is 8.99. The van der Waals surface area contributed by atoms with Crippen molar-refractivity contribution in [1.82, 2.24) is 5.32 Å². The minimum Gasteiger partial charge on any atom is -0.480 e. The van der Waals surface area contributed by atoms with Crippen LogP contribution in [0.5, 0.6) is 5.75 Å². The van der Waals surface area contributed by atoms with Gasteiger partial charge in [-0.3, -0.25) is 4.79 Å². The van der Waals surface area contributed by atoms with Gasteiger partial charge >= 0.3 is 0 Å². The molecule has 0 aliphatic rings. The van der Waals surface area contributed by atoms with Crippen LogP contribution in [0.3, 0.4) is 0 Å². The van der Waals surface area contributed by atoms with Crippen molar-refractivity contribution in [1.29, 1.82) is 0 Å². The van der Waals surface area contributed by atoms with Crippen LogP contribution in [0.2, 0.25) is 0 Å². The van der Waals surface area contributed by atoms with Gasteiger partial charge < -0.3 is 15.2 Å². The molecule has 1 atom stereocenters. The fraction of sp³-hybridized carbons (Fsp3) is 0.533. The number of nitrogens with one attached hydrogen (secondary N) is 1. The van der Waals surface area contributed by atoms with Gasteiger partial charge in [-0.05, 0) is 43.9 Å². The van der Waals surface area contributed by atoms with Crippen molar-refractivity contribution in [3.8, 4) is 5.75 Å². The molecule has 1 aromatic carbocycles. The van der Waals surface area contributed by atoms with E-state index in [2.05, 4.69) is 5.32 Å². The lowest BCUT2D eigenvalue weighted by Gasteiger charge is -2.18. The molecule has 106 valence electrons. The summed E-state index contributed by atoms with van der Waals surface area (Å²) in [6, 6.07) is 3.75. The highest BCUT2D eigenvalue weighted by atomic mass is 16.5. The number of carbonyl (C=O) groups is 1. The zero-order chi connectivity index (χ0) is 14.4. The van der Waals surface area contributed by atoms with E-state index in [1.54, 1.807) is 6.92 Å². The summed E-state index contributed by atoms with van der Waals surface area (Å²) in [5.41, 5.74) is 2.71. The van der Waals surface area contributed by atoms with E-state index in [1.807, 2.05) is 32.9 Å². The van der Waals surface area contributed by atoms with Crippen molar-refractivity contribution in [3.63, 3.8) is 0 Å². The Bertz CT molecular complexity index is 420. The number of aliphatic hydroxyl groups excluding tert-OH is 1. The second kappa shape index (κ2) is 7.14. The van der Waals surface area contributed by atoms with Crippen LogP contribution in [0.4, 0.5) is 0 Å². The second-order valence-electron chi connectivity index (χ2n) is 4.77. The molecule has 19 heavy (non-hydrogen) atoms. The van der Waals surface area contributed by atoms with Crippen molar-refractivity contribution in [2.24, 2.45) is 0 Å². The molecule has 0 heterocycles. The van der Waals surface area contributed by atoms with Crippen LogP contribution in [0, 0.1) is 13.8 Å². The van der Waals surface area contributed by atoms with Gasteiger partial charge in [0, 0.05) is 6.54 Å². The summed E-state index contributed by atoms with van der Waals surface area (Å²) < 4.78 is 5.74. The molecule has 0 aliphatic carbocycles. The van der Waals surface area contributed by atoms with E-state index in [-0.39, 0.29) is 12.5 Å². The van der Waals surface area contributed by atoms with Gasteiger partial charge in [-0.15, -0.1) is 0 Å². The number of hydrogen-bond acceptors (Lipinski definition) is 3. The van der Waals surface area contributed by atoms with Gasteiger partial charge in [0.1, 0.15) is 5.75 Å². The summed E-state index contributed by atoms with van der Waals surface area (Å²) in [6.45, 7) is 8.25. The van der Waals surface area contributed by atoms with Crippen LogP contribution >= 0.6 is 0 Å². The van der Waals surface area contributed by atoms with Crippen LogP contribution in [0.15, 0.2) is 12.1 Å². The largest absolute Gasteiger partial charge is 0.480 e. The number of rotatable bonds is 6. The molecule has 0 saturated heterocycles. The fourth-order valence-electron chi connectivity index (χ4n) is 1.94. The van der Waals surface area contributed by atoms with Crippen LogP contribution in [0.25, 0.3) is 0 Å². The highest BCUT2D eigenvalue weighted by molar-refractivity contribution is 5.80. The van der Waals surface area contributed by atoms with Crippen molar-refractivity contribution in [3.05, 3.63) is 28.8 Å². The number of aliphatic hydroxyl groups is 1. The first-order valence-corrected chi connectivity index (χ1v) is 6.65. The van der Waals surface area contributed by atoms with Gasteiger partial charge in [0.05, 0.1) is 6.61 Å². The Hall–Kier alpha value is -1.55. The Morgan fingerprint density at radius 2 is 1.95 bits per heavy atom. The number of benzene rings is 1. The van der Waals surface area contributed by atoms with Crippen LogP contribution in [-0.4, -0.2) is 23.7 Å². The second-order valence-corrected chi connectivity index (χ2v) is 4.77. The standard InChI is InChI=1S/C15H23NO3/c1-5-6-16-15(18)12(4)19-14-10(2)7-13(9-17)8-11(14)3/h7-8,12,17H,5-6,9H2,1-4H3,(H,16,18). The smallest absolute Gasteiger partial charge is 0.260 e. The lowest BCUT2D eigenvalue weighted by atomic mass is 10.1. The van der Waals surface area contributed by atoms with E-state index in [4.69, 9.17) is 9.84 Å². The minimum atomic E-state index is -0.524. The van der Waals surface area contributed by atoms with Crippen LogP contribution in [0.1, 0.15) is 37.0 Å². The van der Waals surface area contributed by atoms with E-state index in [0.717, 1.165) is 28.9 Å². The average Bonchev–Trinajstić information content (AvgIpc) is 2.39. The Morgan fingerprint density at radius 3 is 2.42 bits per heavy atom. The maximum atomic E-state index is 11.8. The number of carbonyl (C=O) groups excluding carboxylic acids is 1. The predicted molar refractivity (Wildman–Crippen MR) is 75.2 cm³/mol. The van der Waals surface area contributed by atoms with E-state index in [1.165, 1.54) is 0 Å². The highest BCUT2D eigenvalue weighted by Gasteiger charge is 2.16. The molecular weight excluding hydrogens is 242 g/mol. The maximum absolute atomic E-state index is 11.8. The molecule has 1 rings (SSSR count). The average molecular weight is 265 g/mol. The molecule has 2 N–H and O–H groups in total. The van der Waals surface area contributed by atoms with E-state index in [9.17, 15) is 4.79 Å². The normalized spacial score (nSPS) is 12.1. The van der Waals surface area contributed by atoms with E-state index >= 15 is 0 Å². The zero-order valence-corrected chi connectivity index (χ0v) is 12.1. The van der Waals surface area contributed by atoms with E-state index in [0.29, 0.717) is 6.54 Å². The number of aryl methyl sites for hydroxylation is 2. The molecular formula is C15H23NO3. The van der Waals surface area contributed by atoms with Gasteiger partial charge in [-0.1, -0.05) is 19.1 Å². The predicted octanol–water partition coefficient (Wildman–Crippen LogP) is 2.09. The summed E-state index contributed by atoms with van der Waals surface area (Å²) in [5.74, 6) is 0.614. The molecule has 0 bridgehead atoms. The molecule has 0 saturated carbocycles. The first-order valence-electron chi connectivity index (χ1n) is 6.65. The van der Waals surface area contributed by atoms with Gasteiger partial charge in [-0.2, -0.15) is 0 Å². The molecule has 0 aromatic heterocycles. The summed E-state index contributed by atoms with van der Waals surface area (Å²) in [7, 11) is 0. The Morgan fingerprint density at radius 1 is 1.37 bits per heavy atom. The molecule has 4 heteroatoms. The van der Waals surface area contributed by atoms with Crippen molar-refractivity contribution < 1.29 is 14.6 Å². The summed E-state index contributed by atoms with van der Waals surface area (Å²) in [6.07, 6.45) is 0.380. The maximum Gasteiger partial charge on any atom is 0.260 e. The topological polar surface area (TPSA) is 58.6 Å². The third-order valence-corrected chi connectivity index (χ3v) is 2.92. The highest BCUT2D eigenvalue weighted by Crippen LogP contribution is 2.25. The first kappa shape index (κ1) is 15.5. The number of hydrogen-bond donors (Lipinski definition) is 2. The van der Waals surface area contributed by atoms with Crippen molar-refractivity contribution in [2.45, 2.75) is 46.8 Å². The summed E-state index contributed by atoms with van der Waals surface area (Å²) in [5, 5.41) is 11.9. The zero-order valence-electron chi connectivity index (χ0n) is 12.1. The quantitative estimate of drug-likeness (QED) is 0.828. The van der Waals surface area contributed by atoms with Crippen molar-refractivity contribution in [2.75, 3.05) is 6.54 Å². The Kier molecular flexibility index (Phi) is 5.83. The van der Waals surface area contributed by atoms with Gasteiger partial charge in [0.2, 0.25) is 0 Å². The van der Waals surface area contributed by atoms with E-state index < -0.39 is 6.10 Å². The number of amides is 1. The van der Waals surface area contributed by atoms with Crippen LogP contribution in [-0.2, 0) is 11.4 Å². The van der Waals surface area contributed by atoms with Gasteiger partial charge in [0.25, 0.3) is 5.91 Å².